The Labute approximate surface area is 167 Å². The zero-order chi connectivity index (χ0) is 19.1. The number of aliphatic hydroxyl groups is 1. The minimum absolute atomic E-state index is 0.147. The van der Waals surface area contributed by atoms with E-state index >= 15 is 0 Å². The van der Waals surface area contributed by atoms with E-state index in [0.29, 0.717) is 32.7 Å². The number of aliphatic hydroxyl groups excluding tert-OH is 1. The third-order valence-electron chi connectivity index (χ3n) is 4.40. The van der Waals surface area contributed by atoms with Gasteiger partial charge in [0.25, 0.3) is 5.91 Å². The standard InChI is InChI=1S/C17H14Cl2N4O3S/c18-13-14-12(27-15(13)19)6-9(21-14)16(25)22-10-5-8-7-20-2-1-11(8)23(3-4-24)17(10)26/h1-2,6-7,10,21,24H,3-5H2,(H,22,25). The van der Waals surface area contributed by atoms with Gasteiger partial charge in [0, 0.05) is 25.4 Å². The Morgan fingerprint density at radius 1 is 1.48 bits per heavy atom. The van der Waals surface area contributed by atoms with Crippen molar-refractivity contribution in [3.05, 3.63) is 45.1 Å². The molecule has 3 N–H and O–H groups in total. The van der Waals surface area contributed by atoms with Crippen LogP contribution in [0, 0.1) is 0 Å². The normalized spacial score (nSPS) is 16.6. The number of rotatable bonds is 4. The van der Waals surface area contributed by atoms with E-state index in [1.165, 1.54) is 16.2 Å². The van der Waals surface area contributed by atoms with E-state index in [4.69, 9.17) is 23.2 Å². The van der Waals surface area contributed by atoms with Gasteiger partial charge in [0.1, 0.15) is 16.1 Å². The molecule has 140 valence electrons. The van der Waals surface area contributed by atoms with Crippen LogP contribution in [-0.4, -0.2) is 46.1 Å². The van der Waals surface area contributed by atoms with Gasteiger partial charge in [-0.2, -0.15) is 0 Å². The lowest BCUT2D eigenvalue weighted by molar-refractivity contribution is -0.120. The first-order valence-electron chi connectivity index (χ1n) is 8.12. The van der Waals surface area contributed by atoms with Crippen molar-refractivity contribution in [1.82, 2.24) is 15.3 Å². The van der Waals surface area contributed by atoms with Crippen LogP contribution in [0.5, 0.6) is 0 Å². The van der Waals surface area contributed by atoms with Crippen LogP contribution in [0.1, 0.15) is 16.1 Å². The first-order valence-corrected chi connectivity index (χ1v) is 9.69. The molecule has 0 saturated heterocycles. The average Bonchev–Trinajstić information content (AvgIpc) is 3.18. The maximum atomic E-state index is 12.8. The summed E-state index contributed by atoms with van der Waals surface area (Å²) in [5.41, 5.74) is 2.44. The van der Waals surface area contributed by atoms with E-state index in [1.54, 1.807) is 24.5 Å². The molecule has 0 radical (unpaired) electrons. The van der Waals surface area contributed by atoms with Crippen LogP contribution in [0.3, 0.4) is 0 Å². The Hall–Kier alpha value is -2.13. The molecule has 3 aromatic heterocycles. The molecule has 27 heavy (non-hydrogen) atoms. The number of hydrogen-bond acceptors (Lipinski definition) is 5. The predicted molar refractivity (Wildman–Crippen MR) is 105 cm³/mol. The number of H-pyrrole nitrogens is 1. The summed E-state index contributed by atoms with van der Waals surface area (Å²) in [7, 11) is 0. The minimum Gasteiger partial charge on any atom is -0.395 e. The highest BCUT2D eigenvalue weighted by Crippen LogP contribution is 2.38. The molecule has 1 aliphatic heterocycles. The lowest BCUT2D eigenvalue weighted by Crippen LogP contribution is -2.53. The Morgan fingerprint density at radius 3 is 3.04 bits per heavy atom. The Morgan fingerprint density at radius 2 is 2.30 bits per heavy atom. The fourth-order valence-electron chi connectivity index (χ4n) is 3.17. The van der Waals surface area contributed by atoms with Crippen LogP contribution in [0.4, 0.5) is 5.69 Å². The summed E-state index contributed by atoms with van der Waals surface area (Å²) in [6, 6.07) is 2.63. The summed E-state index contributed by atoms with van der Waals surface area (Å²) in [4.78, 5) is 33.9. The lowest BCUT2D eigenvalue weighted by Gasteiger charge is -2.33. The lowest BCUT2D eigenvalue weighted by atomic mass is 9.98. The number of nitrogens with zero attached hydrogens (tertiary/aromatic N) is 2. The summed E-state index contributed by atoms with van der Waals surface area (Å²) in [6.07, 6.45) is 3.59. The largest absolute Gasteiger partial charge is 0.395 e. The zero-order valence-corrected chi connectivity index (χ0v) is 16.2. The number of nitrogens with one attached hydrogen (secondary N) is 2. The van der Waals surface area contributed by atoms with Gasteiger partial charge in [-0.3, -0.25) is 14.6 Å². The molecule has 4 heterocycles. The number of hydrogen-bond donors (Lipinski definition) is 3. The molecular formula is C17H14Cl2N4O3S. The first kappa shape index (κ1) is 18.2. The number of aromatic amines is 1. The van der Waals surface area contributed by atoms with Gasteiger partial charge in [0.15, 0.2) is 0 Å². The highest BCUT2D eigenvalue weighted by molar-refractivity contribution is 7.23. The third-order valence-corrected chi connectivity index (χ3v) is 6.34. The quantitative estimate of drug-likeness (QED) is 0.599. The van der Waals surface area contributed by atoms with Gasteiger partial charge in [0.05, 0.1) is 27.5 Å². The molecule has 10 heteroatoms. The number of thiophene rings is 1. The smallest absolute Gasteiger partial charge is 0.268 e. The van der Waals surface area contributed by atoms with Gasteiger partial charge >= 0.3 is 0 Å². The number of carbonyl (C=O) groups is 2. The second kappa shape index (κ2) is 7.12. The highest BCUT2D eigenvalue weighted by atomic mass is 35.5. The van der Waals surface area contributed by atoms with Gasteiger partial charge in [-0.1, -0.05) is 23.2 Å². The summed E-state index contributed by atoms with van der Waals surface area (Å²) in [6.45, 7) is -0.0328. The first-order chi connectivity index (χ1) is 13.0. The Kier molecular flexibility index (Phi) is 4.81. The van der Waals surface area contributed by atoms with Crippen molar-refractivity contribution in [2.45, 2.75) is 12.5 Å². The molecule has 0 spiro atoms. The van der Waals surface area contributed by atoms with Crippen molar-refractivity contribution in [2.75, 3.05) is 18.1 Å². The molecule has 1 atom stereocenters. The molecule has 4 rings (SSSR count). The van der Waals surface area contributed by atoms with Crippen molar-refractivity contribution in [2.24, 2.45) is 0 Å². The molecule has 0 bridgehead atoms. The molecule has 0 saturated carbocycles. The fourth-order valence-corrected chi connectivity index (χ4v) is 4.66. The van der Waals surface area contributed by atoms with Crippen LogP contribution in [0.2, 0.25) is 9.36 Å². The average molecular weight is 425 g/mol. The van der Waals surface area contributed by atoms with Crippen molar-refractivity contribution in [1.29, 1.82) is 0 Å². The minimum atomic E-state index is -0.749. The van der Waals surface area contributed by atoms with Gasteiger partial charge < -0.3 is 20.3 Å². The topological polar surface area (TPSA) is 98.3 Å². The summed E-state index contributed by atoms with van der Waals surface area (Å²) in [5, 5.41) is 12.4. The second-order valence-electron chi connectivity index (χ2n) is 6.06. The van der Waals surface area contributed by atoms with E-state index in [-0.39, 0.29) is 19.1 Å². The molecule has 0 fully saturated rings. The van der Waals surface area contributed by atoms with Crippen LogP contribution in [-0.2, 0) is 11.2 Å². The molecule has 2 amide bonds. The number of carbonyl (C=O) groups excluding carboxylic acids is 2. The molecule has 3 aromatic rings. The van der Waals surface area contributed by atoms with Crippen LogP contribution >= 0.6 is 34.5 Å². The fraction of sp³-hybridized carbons (Fsp3) is 0.235. The monoisotopic (exact) mass is 424 g/mol. The molecule has 1 unspecified atom stereocenters. The number of aromatic nitrogens is 2. The van der Waals surface area contributed by atoms with Crippen LogP contribution < -0.4 is 10.2 Å². The number of anilines is 1. The maximum absolute atomic E-state index is 12.8. The van der Waals surface area contributed by atoms with E-state index in [1.807, 2.05) is 0 Å². The summed E-state index contributed by atoms with van der Waals surface area (Å²) < 4.78 is 1.22. The van der Waals surface area contributed by atoms with E-state index in [0.717, 1.165) is 10.3 Å². The summed E-state index contributed by atoms with van der Waals surface area (Å²) in [5.74, 6) is -0.689. The van der Waals surface area contributed by atoms with Crippen LogP contribution in [0.25, 0.3) is 10.2 Å². The number of amides is 2. The van der Waals surface area contributed by atoms with Gasteiger partial charge in [-0.05, 0) is 17.7 Å². The number of halogens is 2. The predicted octanol–water partition coefficient (Wildman–Crippen LogP) is 2.61. The zero-order valence-electron chi connectivity index (χ0n) is 13.8. The summed E-state index contributed by atoms with van der Waals surface area (Å²) >= 11 is 13.4. The molecule has 7 nitrogen and oxygen atoms in total. The number of fused-ring (bicyclic) bond motifs is 2. The van der Waals surface area contributed by atoms with Crippen molar-refractivity contribution in [3.63, 3.8) is 0 Å². The van der Waals surface area contributed by atoms with Crippen LogP contribution in [0.15, 0.2) is 24.5 Å². The second-order valence-corrected chi connectivity index (χ2v) is 8.09. The SMILES string of the molecule is O=C(NC1Cc2cnccc2N(CCO)C1=O)c1cc2sc(Cl)c(Cl)c2[nH]1. The van der Waals surface area contributed by atoms with Gasteiger partial charge in [0.2, 0.25) is 5.91 Å². The van der Waals surface area contributed by atoms with Crippen molar-refractivity contribution < 1.29 is 14.7 Å². The number of β-amino-alcohol motifs (C(OH)–C–C–N with tert-alkyl or cyclic N) is 1. The van der Waals surface area contributed by atoms with Crippen molar-refractivity contribution >= 4 is 62.3 Å². The molecule has 0 aliphatic carbocycles. The maximum Gasteiger partial charge on any atom is 0.268 e. The molecular weight excluding hydrogens is 411 g/mol. The highest BCUT2D eigenvalue weighted by Gasteiger charge is 2.34. The Bertz CT molecular complexity index is 1050. The van der Waals surface area contributed by atoms with Crippen molar-refractivity contribution in [3.8, 4) is 0 Å². The van der Waals surface area contributed by atoms with E-state index < -0.39 is 11.9 Å². The van der Waals surface area contributed by atoms with Gasteiger partial charge in [-0.15, -0.1) is 11.3 Å². The van der Waals surface area contributed by atoms with E-state index in [9.17, 15) is 14.7 Å². The van der Waals surface area contributed by atoms with Gasteiger partial charge in [-0.25, -0.2) is 0 Å². The Balaban J connectivity index is 1.59. The number of pyridine rings is 1. The van der Waals surface area contributed by atoms with E-state index in [2.05, 4.69) is 15.3 Å². The third kappa shape index (κ3) is 3.19. The molecule has 0 aromatic carbocycles. The molecule has 1 aliphatic rings.